The molecule has 0 atom stereocenters. The number of rotatable bonds is 5. The number of carbonyl (C=O) groups excluding carboxylic acids is 1. The molecule has 2 rings (SSSR count). The number of ether oxygens (including phenoxy) is 1. The summed E-state index contributed by atoms with van der Waals surface area (Å²) in [6.07, 6.45) is 4.45. The SMILES string of the molecule is COCCn1cc(NC(=O)c2ccncc2Cl)ccc1=O. The summed E-state index contributed by atoms with van der Waals surface area (Å²) < 4.78 is 6.40. The Morgan fingerprint density at radius 1 is 1.43 bits per heavy atom. The molecule has 0 fully saturated rings. The summed E-state index contributed by atoms with van der Waals surface area (Å²) in [5.74, 6) is -0.362. The number of anilines is 1. The van der Waals surface area contributed by atoms with Crippen LogP contribution in [0.3, 0.4) is 0 Å². The molecule has 21 heavy (non-hydrogen) atoms. The monoisotopic (exact) mass is 307 g/mol. The van der Waals surface area contributed by atoms with E-state index >= 15 is 0 Å². The first-order valence-electron chi connectivity index (χ1n) is 6.22. The maximum absolute atomic E-state index is 12.1. The fourth-order valence-corrected chi connectivity index (χ4v) is 1.93. The van der Waals surface area contributed by atoms with E-state index in [1.165, 1.54) is 29.1 Å². The highest BCUT2D eigenvalue weighted by atomic mass is 35.5. The van der Waals surface area contributed by atoms with E-state index in [1.807, 2.05) is 0 Å². The summed E-state index contributed by atoms with van der Waals surface area (Å²) >= 11 is 5.92. The van der Waals surface area contributed by atoms with Gasteiger partial charge in [-0.05, 0) is 12.1 Å². The number of amides is 1. The van der Waals surface area contributed by atoms with Crippen LogP contribution in [0, 0.1) is 0 Å². The summed E-state index contributed by atoms with van der Waals surface area (Å²) in [6, 6.07) is 4.46. The lowest BCUT2D eigenvalue weighted by Gasteiger charge is -2.09. The average Bonchev–Trinajstić information content (AvgIpc) is 2.48. The van der Waals surface area contributed by atoms with Crippen molar-refractivity contribution in [2.24, 2.45) is 0 Å². The molecule has 0 spiro atoms. The van der Waals surface area contributed by atoms with E-state index in [2.05, 4.69) is 10.3 Å². The van der Waals surface area contributed by atoms with Crippen molar-refractivity contribution in [3.8, 4) is 0 Å². The largest absolute Gasteiger partial charge is 0.383 e. The van der Waals surface area contributed by atoms with Gasteiger partial charge in [0, 0.05) is 38.3 Å². The molecule has 0 saturated carbocycles. The van der Waals surface area contributed by atoms with Crippen LogP contribution in [0.5, 0.6) is 0 Å². The van der Waals surface area contributed by atoms with Crippen molar-refractivity contribution in [1.82, 2.24) is 9.55 Å². The summed E-state index contributed by atoms with van der Waals surface area (Å²) in [5, 5.41) is 2.96. The summed E-state index contributed by atoms with van der Waals surface area (Å²) in [5.41, 5.74) is 0.664. The molecule has 0 bridgehead atoms. The van der Waals surface area contributed by atoms with E-state index in [1.54, 1.807) is 19.4 Å². The van der Waals surface area contributed by atoms with Gasteiger partial charge in [-0.3, -0.25) is 14.6 Å². The minimum Gasteiger partial charge on any atom is -0.383 e. The molecule has 2 heterocycles. The topological polar surface area (TPSA) is 73.2 Å². The van der Waals surface area contributed by atoms with Crippen LogP contribution >= 0.6 is 11.6 Å². The summed E-state index contributed by atoms with van der Waals surface area (Å²) in [7, 11) is 1.56. The third kappa shape index (κ3) is 3.90. The fourth-order valence-electron chi connectivity index (χ4n) is 1.73. The van der Waals surface area contributed by atoms with Gasteiger partial charge in [-0.1, -0.05) is 11.6 Å². The number of hydrogen-bond acceptors (Lipinski definition) is 4. The molecule has 0 unspecified atom stereocenters. The lowest BCUT2D eigenvalue weighted by Crippen LogP contribution is -2.22. The number of halogens is 1. The zero-order valence-electron chi connectivity index (χ0n) is 11.4. The number of nitrogens with zero attached hydrogens (tertiary/aromatic N) is 2. The highest BCUT2D eigenvalue weighted by molar-refractivity contribution is 6.34. The molecule has 110 valence electrons. The molecular formula is C14H14ClN3O3. The smallest absolute Gasteiger partial charge is 0.257 e. The van der Waals surface area contributed by atoms with Gasteiger partial charge in [-0.25, -0.2) is 0 Å². The molecule has 0 aliphatic rings. The Morgan fingerprint density at radius 2 is 2.24 bits per heavy atom. The number of methoxy groups -OCH3 is 1. The van der Waals surface area contributed by atoms with Crippen molar-refractivity contribution in [2.45, 2.75) is 6.54 Å². The molecule has 0 saturated heterocycles. The van der Waals surface area contributed by atoms with E-state index in [9.17, 15) is 9.59 Å². The van der Waals surface area contributed by atoms with Crippen LogP contribution in [0.15, 0.2) is 41.6 Å². The standard InChI is InChI=1S/C14H14ClN3O3/c1-21-7-6-18-9-10(2-3-13(18)19)17-14(20)11-4-5-16-8-12(11)15/h2-5,8-9H,6-7H2,1H3,(H,17,20). The predicted octanol–water partition coefficient (Wildman–Crippen LogP) is 1.80. The fraction of sp³-hybridized carbons (Fsp3) is 0.214. The molecule has 6 nitrogen and oxygen atoms in total. The quantitative estimate of drug-likeness (QED) is 0.914. The van der Waals surface area contributed by atoms with Gasteiger partial charge >= 0.3 is 0 Å². The zero-order chi connectivity index (χ0) is 15.2. The second kappa shape index (κ2) is 7.01. The van der Waals surface area contributed by atoms with Gasteiger partial charge in [0.15, 0.2) is 0 Å². The number of nitrogens with one attached hydrogen (secondary N) is 1. The normalized spacial score (nSPS) is 10.4. The Kier molecular flexibility index (Phi) is 5.08. The third-order valence-corrected chi connectivity index (χ3v) is 3.10. The predicted molar refractivity (Wildman–Crippen MR) is 79.8 cm³/mol. The summed E-state index contributed by atoms with van der Waals surface area (Å²) in [6.45, 7) is 0.822. The van der Waals surface area contributed by atoms with Crippen LogP contribution in [-0.4, -0.2) is 29.2 Å². The average molecular weight is 308 g/mol. The number of aromatic nitrogens is 2. The first kappa shape index (κ1) is 15.2. The molecule has 1 amide bonds. The molecule has 7 heteroatoms. The Hall–Kier alpha value is -2.18. The zero-order valence-corrected chi connectivity index (χ0v) is 12.1. The van der Waals surface area contributed by atoms with E-state index in [-0.39, 0.29) is 16.5 Å². The van der Waals surface area contributed by atoms with Gasteiger partial charge in [0.1, 0.15) is 0 Å². The highest BCUT2D eigenvalue weighted by Crippen LogP contribution is 2.15. The molecular weight excluding hydrogens is 294 g/mol. The van der Waals surface area contributed by atoms with Crippen molar-refractivity contribution in [3.05, 3.63) is 57.7 Å². The van der Waals surface area contributed by atoms with Gasteiger partial charge in [-0.15, -0.1) is 0 Å². The second-order valence-electron chi connectivity index (χ2n) is 4.25. The van der Waals surface area contributed by atoms with E-state index in [0.29, 0.717) is 24.4 Å². The van der Waals surface area contributed by atoms with Crippen molar-refractivity contribution in [2.75, 3.05) is 19.0 Å². The number of hydrogen-bond donors (Lipinski definition) is 1. The molecule has 2 aromatic heterocycles. The first-order valence-corrected chi connectivity index (χ1v) is 6.60. The van der Waals surface area contributed by atoms with Gasteiger partial charge in [0.2, 0.25) is 0 Å². The Balaban J connectivity index is 2.18. The minimum absolute atomic E-state index is 0.160. The van der Waals surface area contributed by atoms with E-state index in [0.717, 1.165) is 0 Å². The minimum atomic E-state index is -0.362. The molecule has 0 aliphatic heterocycles. The Morgan fingerprint density at radius 3 is 2.95 bits per heavy atom. The number of carbonyl (C=O) groups is 1. The van der Waals surface area contributed by atoms with E-state index in [4.69, 9.17) is 16.3 Å². The molecule has 0 aliphatic carbocycles. The third-order valence-electron chi connectivity index (χ3n) is 2.79. The Labute approximate surface area is 126 Å². The van der Waals surface area contributed by atoms with E-state index < -0.39 is 0 Å². The van der Waals surface area contributed by atoms with Crippen LogP contribution in [0.1, 0.15) is 10.4 Å². The lowest BCUT2D eigenvalue weighted by molar-refractivity contribution is 0.102. The van der Waals surface area contributed by atoms with Crippen molar-refractivity contribution in [3.63, 3.8) is 0 Å². The maximum Gasteiger partial charge on any atom is 0.257 e. The number of pyridine rings is 2. The summed E-state index contributed by atoms with van der Waals surface area (Å²) in [4.78, 5) is 27.6. The van der Waals surface area contributed by atoms with Gasteiger partial charge in [0.05, 0.1) is 22.9 Å². The van der Waals surface area contributed by atoms with Gasteiger partial charge < -0.3 is 14.6 Å². The highest BCUT2D eigenvalue weighted by Gasteiger charge is 2.10. The molecule has 2 aromatic rings. The van der Waals surface area contributed by atoms with Crippen LogP contribution < -0.4 is 10.9 Å². The molecule has 0 radical (unpaired) electrons. The Bertz CT molecular complexity index is 700. The van der Waals surface area contributed by atoms with Gasteiger partial charge in [-0.2, -0.15) is 0 Å². The van der Waals surface area contributed by atoms with Crippen molar-refractivity contribution >= 4 is 23.2 Å². The first-order chi connectivity index (χ1) is 10.1. The second-order valence-corrected chi connectivity index (χ2v) is 4.66. The van der Waals surface area contributed by atoms with Crippen LogP contribution in [-0.2, 0) is 11.3 Å². The molecule has 0 aromatic carbocycles. The van der Waals surface area contributed by atoms with Crippen LogP contribution in [0.4, 0.5) is 5.69 Å². The van der Waals surface area contributed by atoms with Gasteiger partial charge in [0.25, 0.3) is 11.5 Å². The maximum atomic E-state index is 12.1. The lowest BCUT2D eigenvalue weighted by atomic mass is 10.2. The van der Waals surface area contributed by atoms with Crippen LogP contribution in [0.25, 0.3) is 0 Å². The molecule has 1 N–H and O–H groups in total. The van der Waals surface area contributed by atoms with Crippen LogP contribution in [0.2, 0.25) is 5.02 Å². The van der Waals surface area contributed by atoms with Crippen molar-refractivity contribution in [1.29, 1.82) is 0 Å². The van der Waals surface area contributed by atoms with Crippen molar-refractivity contribution < 1.29 is 9.53 Å².